The molecule has 0 rings (SSSR count). The molecule has 42 heteroatoms. The Kier molecular flexibility index (Phi) is 92.7. The molecule has 14 nitrogen and oxygen atoms in total. The molecule has 0 spiro atoms. The molecular weight excluding hydrogens is 1930 g/mol. The van der Waals surface area contributed by atoms with E-state index in [9.17, 15) is 0 Å². The van der Waals surface area contributed by atoms with Crippen molar-refractivity contribution < 1.29 is 103 Å². The van der Waals surface area contributed by atoms with E-state index in [0.717, 1.165) is 173 Å². The predicted octanol–water partition coefficient (Wildman–Crippen LogP) is 24.3. The highest BCUT2D eigenvalue weighted by atomic mass is 33.1. The van der Waals surface area contributed by atoms with Crippen LogP contribution in [0.1, 0.15) is 289 Å². The molecule has 15 unspecified atom stereocenters. The Hall–Kier alpha value is 9.24. The monoisotopic (exact) mass is 2190 g/mol. The summed E-state index contributed by atoms with van der Waals surface area (Å²) in [5.41, 5.74) is 29.9. The number of nitrogens with two attached hydrogens (primary N) is 14. The molecule has 0 aromatic rings. The van der Waals surface area contributed by atoms with E-state index < -0.39 is 272 Å². The van der Waals surface area contributed by atoms with E-state index in [1.54, 1.807) is 34.6 Å². The Morgan fingerprint density at radius 3 is 0.527 bits per heavy atom. The van der Waals surface area contributed by atoms with Gasteiger partial charge >= 0.3 is 0 Å². The fraction of sp³-hybridized carbons (Fsp3) is 1.00. The summed E-state index contributed by atoms with van der Waals surface area (Å²) in [6, 6.07) is 0. The van der Waals surface area contributed by atoms with Gasteiger partial charge in [-0.3, -0.25) is 0 Å². The van der Waals surface area contributed by atoms with Crippen molar-refractivity contribution in [3.8, 4) is 0 Å². The Bertz CT molecular complexity index is 4310. The first-order chi connectivity index (χ1) is 81.4. The molecule has 0 aromatic carbocycles. The third kappa shape index (κ3) is 265. The maximum Gasteiger partial charge on any atom is 0.0434 e. The summed E-state index contributed by atoms with van der Waals surface area (Å²) >= 11 is 0. The van der Waals surface area contributed by atoms with Crippen LogP contribution in [0.15, 0.2) is 0 Å². The summed E-state index contributed by atoms with van der Waals surface area (Å²) < 4.78 is 541. The van der Waals surface area contributed by atoms with Gasteiger partial charge in [0, 0.05) is 354 Å². The first kappa shape index (κ1) is 52.8. The molecule has 0 bridgehead atoms. The van der Waals surface area contributed by atoms with Gasteiger partial charge in [-0.05, 0) is 89.5 Å². The van der Waals surface area contributed by atoms with Crippen molar-refractivity contribution in [3.05, 3.63) is 0 Å². The predicted molar refractivity (Wildman–Crippen MR) is 620 cm³/mol. The summed E-state index contributed by atoms with van der Waals surface area (Å²) in [6.45, 7) is 3.21. The zero-order valence-corrected chi connectivity index (χ0v) is 87.8. The molecule has 0 saturated heterocycles. The third-order valence-corrected chi connectivity index (χ3v) is 27.6. The van der Waals surface area contributed by atoms with Crippen LogP contribution in [0.3, 0.4) is 0 Å². The number of hydrogen-bond acceptors (Lipinski definition) is 42. The molecule has 0 aliphatic heterocycles. The van der Waals surface area contributed by atoms with Gasteiger partial charge in [0.1, 0.15) is 0 Å². The summed E-state index contributed by atoms with van der Waals surface area (Å²) in [6.07, 6.45) is -12.1. The summed E-state index contributed by atoms with van der Waals surface area (Å²) in [5, 5.41) is 0. The Labute approximate surface area is 916 Å². The molecule has 0 heterocycles. The summed E-state index contributed by atoms with van der Waals surface area (Å²) in [7, 11) is 21.3. The number of hydrogen-bond donors (Lipinski definition) is 14. The van der Waals surface area contributed by atoms with Gasteiger partial charge in [0.15, 0.2) is 0 Å². The fourth-order valence-corrected chi connectivity index (χ4v) is 17.4. The van der Waals surface area contributed by atoms with Crippen LogP contribution in [0.5, 0.6) is 0 Å². The van der Waals surface area contributed by atoms with Crippen molar-refractivity contribution in [2.45, 2.75) is 186 Å². The highest BCUT2D eigenvalue weighted by molar-refractivity contribution is 8.80. The first-order valence-corrected chi connectivity index (χ1v) is 61.0. The molecule has 0 fully saturated rings. The molecule has 28 N–H and O–H groups in total. The molecule has 0 amide bonds. The first-order valence-electron chi connectivity index (χ1n) is 68.7. The van der Waals surface area contributed by atoms with Gasteiger partial charge in [-0.2, -0.15) is 0 Å². The van der Waals surface area contributed by atoms with Crippen LogP contribution < -0.4 is 80.3 Å². The lowest BCUT2D eigenvalue weighted by Crippen LogP contribution is -1.99. The molecule has 0 aliphatic carbocycles. The molecule has 0 aromatic heterocycles. The molecule has 15 atom stereocenters. The van der Waals surface area contributed by atoms with Crippen LogP contribution in [-0.2, 0) is 0 Å². The summed E-state index contributed by atoms with van der Waals surface area (Å²) in [4.78, 5) is 0. The van der Waals surface area contributed by atoms with Crippen LogP contribution in [0, 0.1) is 0 Å². The topological polar surface area (TPSA) is 364 Å². The normalized spacial score (nSPS) is 27.7. The minimum absolute atomic E-state index is 0.0443. The van der Waals surface area contributed by atoms with Crippen LogP contribution >= 0.6 is 302 Å². The van der Waals surface area contributed by atoms with Gasteiger partial charge in [0.2, 0.25) is 0 Å². The summed E-state index contributed by atoms with van der Waals surface area (Å²) in [5.74, 6) is 0.550. The van der Waals surface area contributed by atoms with Crippen LogP contribution in [0.25, 0.3) is 0 Å². The number of rotatable bonds is 70. The Balaban J connectivity index is -0.000000144. The van der Waals surface area contributed by atoms with E-state index in [4.69, 9.17) is 183 Å². The van der Waals surface area contributed by atoms with Crippen LogP contribution in [0.4, 0.5) is 0 Å². The zero-order chi connectivity index (χ0) is 154. The second-order valence-corrected chi connectivity index (χ2v) is 40.2. The van der Waals surface area contributed by atoms with Gasteiger partial charge in [-0.1, -0.05) is 399 Å². The second kappa shape index (κ2) is 197. The second-order valence-electron chi connectivity index (χ2n) is 13.0. The van der Waals surface area contributed by atoms with Gasteiger partial charge in [0.25, 0.3) is 0 Å². The van der Waals surface area contributed by atoms with Crippen molar-refractivity contribution in [1.29, 1.82) is 0 Å². The Morgan fingerprint density at radius 2 is 0.330 bits per heavy atom. The van der Waals surface area contributed by atoms with E-state index in [-0.39, 0.29) is 56.4 Å². The quantitative estimate of drug-likeness (QED) is 0.0252. The average Bonchev–Trinajstić information content (AvgIpc) is 0.805. The van der Waals surface area contributed by atoms with Crippen molar-refractivity contribution >= 4 is 302 Å². The van der Waals surface area contributed by atoms with Gasteiger partial charge in [-0.15, -0.1) is 0 Å². The fourth-order valence-electron chi connectivity index (χ4n) is 1.94. The molecule has 0 radical (unpaired) electrons. The van der Waals surface area contributed by atoms with Crippen molar-refractivity contribution in [3.63, 3.8) is 0 Å². The lowest BCUT2D eigenvalue weighted by atomic mass is 10.6. The maximum atomic E-state index is 7.36. The maximum absolute atomic E-state index is 7.36. The lowest BCUT2D eigenvalue weighted by molar-refractivity contribution is 1.11. The van der Waals surface area contributed by atoms with Gasteiger partial charge in [-0.25, -0.2) is 0 Å². The van der Waals surface area contributed by atoms with E-state index >= 15 is 0 Å². The lowest BCUT2D eigenvalue weighted by Gasteiger charge is -1.93. The minimum atomic E-state index is -2.55. The third-order valence-electron chi connectivity index (χ3n) is 4.96. The van der Waals surface area contributed by atoms with Gasteiger partial charge in [0.05, 0.1) is 0 Å². The van der Waals surface area contributed by atoms with Crippen molar-refractivity contribution in [2.75, 3.05) is 251 Å². The largest absolute Gasteiger partial charge is 0.330 e. The van der Waals surface area contributed by atoms with E-state index in [2.05, 4.69) is 0 Å². The zero-order valence-electron chi connectivity index (χ0n) is 140. The highest BCUT2D eigenvalue weighted by Gasteiger charge is 1.93. The molecule has 0 saturated carbocycles. The van der Waals surface area contributed by atoms with Crippen LogP contribution in [0.2, 0.25) is 0 Å². The molecular formula is C70H182N14S28. The van der Waals surface area contributed by atoms with E-state index in [0.29, 0.717) is 132 Å². The van der Waals surface area contributed by atoms with Crippen molar-refractivity contribution in [2.24, 2.45) is 80.3 Å². The van der Waals surface area contributed by atoms with Crippen molar-refractivity contribution in [1.82, 2.24) is 0 Å². The smallest absolute Gasteiger partial charge is 0.0434 e. The Morgan fingerprint density at radius 1 is 0.161 bits per heavy atom. The minimum Gasteiger partial charge on any atom is -0.330 e. The molecule has 112 heavy (non-hydrogen) atoms. The van der Waals surface area contributed by atoms with E-state index in [1.807, 2.05) is 0 Å². The molecule has 0 aliphatic rings. The highest BCUT2D eigenvalue weighted by Crippen LogP contribution is 2.27. The van der Waals surface area contributed by atoms with E-state index in [1.165, 1.54) is 73.1 Å². The standard InChI is InChI=1S/14C5H13NS2/c14*1-2-4-7-8-5-3-6/h14*2-6H2,1H3/i2D2,3D2,4D,5D2;2D2,3D,4D,5D2;2D,3D2,4D2,5D2;2D,3D,4D2,5D2;2D,3D,4D,5D2;3D2,4D2,5D2;3D,4D2,5D2;2D2,4D,5D2;2D,4D2,5D2;2D,4D,5D2;2D2,3D2,5D2;2D2,3D,5D2;4D2,5D2;2D2,5D2. The average molecular weight is 2190 g/mol. The SMILES string of the molecule is [2H]C(C)C([2H])([2H])SSC([2H])([2H])C([2H])([2H])N.[2H]C(C)C([2H])([2H])SSC([2H])([2H])C([2H])N.[2H]C(C)C([2H])([2H])SSC([2H])([2H])CN.[2H]C(C)C([2H])SSC([2H])([2H])C([2H])N.[2H]C(C)C([2H])SSC([2H])([2H])CN.[2H]C(N)C([2H])([2H])SSC([2H])([2H])CC.[2H]C(N)C([2H])([2H])SSCC([2H])([2H])C.[2H]C(SSC([2H])([2H])C([2H])([2H])N)C([2H])([2H])C.[2H]C(SSC([2H])([2H])C([2H])N)C([2H])([2H])C.[2H]C(SSC([2H])([2H])CN)C([2H])([2H])C.[2H]C([2H])(C)CSSC([2H])([2H])C([2H])([2H])N.[2H]C([2H])(C)CSSC([2H])([2H])CN.[2H]C([2H])(CC)SSC([2H])([2H])C([2H])([2H])N.[2H]C([2H])(CC)SSC([2H])([2H])CN. The molecule has 700 valence electrons. The van der Waals surface area contributed by atoms with Crippen LogP contribution in [-0.4, -0.2) is 251 Å². The van der Waals surface area contributed by atoms with Gasteiger partial charge < -0.3 is 80.3 Å².